The standard InChI is InChI=1S/C24H24FNO4S/c1-13-26-21-12-20(14-2-3-14)19(9-8-17(27)10-18(28)11-22(29)30)23(24(21)31-13)15-4-6-16(25)7-5-15/h4-9,12,14,17-18,27-28H,2-3,10-11H2,1H3,(H,29,30)/b9-8+/t17-,18-/m1/s1. The van der Waals surface area contributed by atoms with Crippen molar-refractivity contribution in [2.24, 2.45) is 0 Å². The third kappa shape index (κ3) is 5.01. The maximum absolute atomic E-state index is 13.6. The van der Waals surface area contributed by atoms with Gasteiger partial charge < -0.3 is 15.3 Å². The molecular weight excluding hydrogens is 417 g/mol. The summed E-state index contributed by atoms with van der Waals surface area (Å²) in [6.45, 7) is 1.96. The molecule has 0 radical (unpaired) electrons. The van der Waals surface area contributed by atoms with E-state index in [2.05, 4.69) is 11.1 Å². The first kappa shape index (κ1) is 21.6. The van der Waals surface area contributed by atoms with E-state index in [9.17, 15) is 19.4 Å². The molecule has 2 atom stereocenters. The summed E-state index contributed by atoms with van der Waals surface area (Å²) < 4.78 is 14.6. The number of thiazole rings is 1. The Morgan fingerprint density at radius 1 is 1.29 bits per heavy atom. The first-order valence-corrected chi connectivity index (χ1v) is 11.1. The Labute approximate surface area is 183 Å². The number of carbonyl (C=O) groups is 1. The molecule has 1 aliphatic rings. The zero-order valence-corrected chi connectivity index (χ0v) is 17.9. The van der Waals surface area contributed by atoms with Crippen LogP contribution in [-0.4, -0.2) is 38.5 Å². The maximum Gasteiger partial charge on any atom is 0.305 e. The van der Waals surface area contributed by atoms with E-state index in [4.69, 9.17) is 5.11 Å². The monoisotopic (exact) mass is 441 g/mol. The van der Waals surface area contributed by atoms with Crippen LogP contribution in [-0.2, 0) is 4.79 Å². The normalized spacial score (nSPS) is 16.1. The van der Waals surface area contributed by atoms with Gasteiger partial charge in [0, 0.05) is 12.0 Å². The lowest BCUT2D eigenvalue weighted by atomic mass is 9.91. The van der Waals surface area contributed by atoms with Gasteiger partial charge in [0.1, 0.15) is 5.82 Å². The number of aryl methyl sites for hydroxylation is 1. The predicted molar refractivity (Wildman–Crippen MR) is 120 cm³/mol. The molecule has 31 heavy (non-hydrogen) atoms. The fraction of sp³-hybridized carbons (Fsp3) is 0.333. The van der Waals surface area contributed by atoms with Crippen molar-refractivity contribution in [3.05, 3.63) is 58.4 Å². The molecule has 0 spiro atoms. The van der Waals surface area contributed by atoms with Gasteiger partial charge in [0.2, 0.25) is 0 Å². The van der Waals surface area contributed by atoms with E-state index in [-0.39, 0.29) is 12.2 Å². The third-order valence-corrected chi connectivity index (χ3v) is 6.42. The second-order valence-corrected chi connectivity index (χ2v) is 9.23. The molecule has 0 unspecified atom stereocenters. The zero-order chi connectivity index (χ0) is 22.1. The summed E-state index contributed by atoms with van der Waals surface area (Å²) in [5.74, 6) is -0.997. The van der Waals surface area contributed by atoms with Crippen molar-refractivity contribution in [3.8, 4) is 11.1 Å². The molecule has 3 aromatic rings. The number of aromatic nitrogens is 1. The molecule has 0 bridgehead atoms. The minimum Gasteiger partial charge on any atom is -0.481 e. The summed E-state index contributed by atoms with van der Waals surface area (Å²) in [6.07, 6.45) is 3.03. The van der Waals surface area contributed by atoms with Crippen LogP contribution >= 0.6 is 11.3 Å². The number of nitrogens with zero attached hydrogens (tertiary/aromatic N) is 1. The highest BCUT2D eigenvalue weighted by molar-refractivity contribution is 7.19. The lowest BCUT2D eigenvalue weighted by molar-refractivity contribution is -0.139. The number of aliphatic carboxylic acids is 1. The molecule has 1 aliphatic carbocycles. The van der Waals surface area contributed by atoms with Gasteiger partial charge in [0.05, 0.1) is 33.9 Å². The highest BCUT2D eigenvalue weighted by Crippen LogP contribution is 2.47. The molecule has 5 nitrogen and oxygen atoms in total. The van der Waals surface area contributed by atoms with Crippen LogP contribution in [0.5, 0.6) is 0 Å². The average molecular weight is 442 g/mol. The van der Waals surface area contributed by atoms with Gasteiger partial charge >= 0.3 is 5.97 Å². The van der Waals surface area contributed by atoms with E-state index in [0.29, 0.717) is 5.92 Å². The lowest BCUT2D eigenvalue weighted by Crippen LogP contribution is -2.19. The molecule has 0 saturated heterocycles. The first-order chi connectivity index (χ1) is 14.8. The fourth-order valence-electron chi connectivity index (χ4n) is 3.88. The van der Waals surface area contributed by atoms with Crippen molar-refractivity contribution in [3.63, 3.8) is 0 Å². The van der Waals surface area contributed by atoms with Crippen molar-refractivity contribution >= 4 is 33.6 Å². The molecule has 1 fully saturated rings. The van der Waals surface area contributed by atoms with Crippen LogP contribution in [0.15, 0.2) is 36.4 Å². The van der Waals surface area contributed by atoms with Gasteiger partial charge in [0.15, 0.2) is 0 Å². The van der Waals surface area contributed by atoms with Gasteiger partial charge in [-0.25, -0.2) is 9.37 Å². The van der Waals surface area contributed by atoms with Crippen LogP contribution in [0, 0.1) is 12.7 Å². The Morgan fingerprint density at radius 3 is 2.65 bits per heavy atom. The predicted octanol–water partition coefficient (Wildman–Crippen LogP) is 4.89. The summed E-state index contributed by atoms with van der Waals surface area (Å²) >= 11 is 1.58. The summed E-state index contributed by atoms with van der Waals surface area (Å²) in [4.78, 5) is 15.4. The van der Waals surface area contributed by atoms with E-state index in [0.717, 1.165) is 50.3 Å². The molecule has 1 heterocycles. The van der Waals surface area contributed by atoms with Crippen molar-refractivity contribution in [2.45, 2.75) is 50.7 Å². The zero-order valence-electron chi connectivity index (χ0n) is 17.1. The summed E-state index contributed by atoms with van der Waals surface area (Å²) in [5.41, 5.74) is 4.85. The second kappa shape index (κ2) is 8.86. The van der Waals surface area contributed by atoms with E-state index >= 15 is 0 Å². The average Bonchev–Trinajstić information content (AvgIpc) is 3.46. The highest BCUT2D eigenvalue weighted by Gasteiger charge is 2.29. The number of benzene rings is 2. The molecule has 7 heteroatoms. The topological polar surface area (TPSA) is 90.7 Å². The van der Waals surface area contributed by atoms with Gasteiger partial charge in [-0.1, -0.05) is 24.3 Å². The second-order valence-electron chi connectivity index (χ2n) is 8.03. The van der Waals surface area contributed by atoms with Crippen molar-refractivity contribution in [1.82, 2.24) is 4.98 Å². The number of halogens is 1. The number of hydrogen-bond donors (Lipinski definition) is 3. The Hall–Kier alpha value is -2.61. The van der Waals surface area contributed by atoms with E-state index in [1.165, 1.54) is 12.1 Å². The smallest absolute Gasteiger partial charge is 0.305 e. The minimum atomic E-state index is -1.12. The molecule has 4 rings (SSSR count). The van der Waals surface area contributed by atoms with Gasteiger partial charge in [-0.3, -0.25) is 4.79 Å². The number of hydrogen-bond acceptors (Lipinski definition) is 5. The number of aliphatic hydroxyl groups excluding tert-OH is 2. The molecule has 2 aromatic carbocycles. The van der Waals surface area contributed by atoms with E-state index in [1.807, 2.05) is 13.0 Å². The molecule has 0 amide bonds. The minimum absolute atomic E-state index is 0.0602. The van der Waals surface area contributed by atoms with Crippen LogP contribution in [0.25, 0.3) is 27.4 Å². The molecule has 0 aliphatic heterocycles. The molecule has 3 N–H and O–H groups in total. The quantitative estimate of drug-likeness (QED) is 0.463. The number of rotatable bonds is 8. The Bertz CT molecular complexity index is 1130. The van der Waals surface area contributed by atoms with Crippen molar-refractivity contribution in [2.75, 3.05) is 0 Å². The van der Waals surface area contributed by atoms with Crippen LogP contribution in [0.2, 0.25) is 0 Å². The first-order valence-electron chi connectivity index (χ1n) is 10.3. The summed E-state index contributed by atoms with van der Waals surface area (Å²) in [7, 11) is 0. The van der Waals surface area contributed by atoms with Crippen LogP contribution in [0.3, 0.4) is 0 Å². The Balaban J connectivity index is 1.79. The number of carboxylic acids is 1. The van der Waals surface area contributed by atoms with Gasteiger partial charge in [-0.2, -0.15) is 0 Å². The molecule has 1 aromatic heterocycles. The van der Waals surface area contributed by atoms with E-state index in [1.54, 1.807) is 29.5 Å². The fourth-order valence-corrected chi connectivity index (χ4v) is 4.85. The molecule has 162 valence electrons. The van der Waals surface area contributed by atoms with E-state index < -0.39 is 24.6 Å². The number of aliphatic hydroxyl groups is 2. The third-order valence-electron chi connectivity index (χ3n) is 5.42. The van der Waals surface area contributed by atoms with Crippen LogP contribution < -0.4 is 0 Å². The van der Waals surface area contributed by atoms with Crippen molar-refractivity contribution in [1.29, 1.82) is 0 Å². The van der Waals surface area contributed by atoms with Crippen LogP contribution in [0.1, 0.15) is 47.7 Å². The van der Waals surface area contributed by atoms with Gasteiger partial charge in [-0.15, -0.1) is 11.3 Å². The highest BCUT2D eigenvalue weighted by atomic mass is 32.1. The summed E-state index contributed by atoms with van der Waals surface area (Å²) in [6, 6.07) is 8.47. The Morgan fingerprint density at radius 2 is 2.00 bits per heavy atom. The Kier molecular flexibility index (Phi) is 6.18. The largest absolute Gasteiger partial charge is 0.481 e. The maximum atomic E-state index is 13.6. The lowest BCUT2D eigenvalue weighted by Gasteiger charge is -2.15. The van der Waals surface area contributed by atoms with Crippen LogP contribution in [0.4, 0.5) is 4.39 Å². The number of fused-ring (bicyclic) bond motifs is 1. The van der Waals surface area contributed by atoms with Crippen molar-refractivity contribution < 1.29 is 24.5 Å². The molecular formula is C24H24FNO4S. The SMILES string of the molecule is Cc1nc2cc(C3CC3)c(/C=C/[C@@H](O)C[C@@H](O)CC(=O)O)c(-c3ccc(F)cc3)c2s1. The van der Waals surface area contributed by atoms with Gasteiger partial charge in [-0.05, 0) is 60.6 Å². The number of carboxylic acid groups (broad SMARTS) is 1. The van der Waals surface area contributed by atoms with Gasteiger partial charge in [0.25, 0.3) is 0 Å². The summed E-state index contributed by atoms with van der Waals surface area (Å²) in [5, 5.41) is 29.9. The molecule has 1 saturated carbocycles.